The fourth-order valence-corrected chi connectivity index (χ4v) is 3.16. The number of carbonyl (C=O) groups excluding carboxylic acids is 1. The third kappa shape index (κ3) is 2.97. The Morgan fingerprint density at radius 3 is 2.04 bits per heavy atom. The van der Waals surface area contributed by atoms with Gasteiger partial charge in [0.1, 0.15) is 11.5 Å². The largest absolute Gasteiger partial charge is 0.457 e. The molecule has 0 bridgehead atoms. The molecule has 3 aromatic rings. The number of anilines is 1. The molecule has 0 spiro atoms. The smallest absolute Gasteiger partial charge is 0.250 e. The zero-order chi connectivity index (χ0) is 18.1. The van der Waals surface area contributed by atoms with E-state index < -0.39 is 5.92 Å². The lowest BCUT2D eigenvalue weighted by atomic mass is 9.87. The fraction of sp³-hybridized carbons (Fsp3) is 0.150. The van der Waals surface area contributed by atoms with E-state index in [1.165, 1.54) is 0 Å². The Balaban J connectivity index is 1.63. The van der Waals surface area contributed by atoms with Gasteiger partial charge in [-0.15, -0.1) is 0 Å². The van der Waals surface area contributed by atoms with Crippen molar-refractivity contribution in [2.24, 2.45) is 0 Å². The SMILES string of the molecule is Cc1cc(C)nc(NNC(=O)C2c3ccccc3Oc3ccccc32)n1. The number of rotatable bonds is 3. The molecule has 1 aliphatic rings. The summed E-state index contributed by atoms with van der Waals surface area (Å²) in [5.74, 6) is 1.07. The molecule has 130 valence electrons. The second-order valence-electron chi connectivity index (χ2n) is 6.20. The van der Waals surface area contributed by atoms with Crippen molar-refractivity contribution < 1.29 is 9.53 Å². The Bertz CT molecular complexity index is 921. The van der Waals surface area contributed by atoms with E-state index in [-0.39, 0.29) is 5.91 Å². The second-order valence-corrected chi connectivity index (χ2v) is 6.20. The number of aryl methyl sites for hydroxylation is 2. The monoisotopic (exact) mass is 346 g/mol. The van der Waals surface area contributed by atoms with Crippen LogP contribution in [0.1, 0.15) is 28.4 Å². The standard InChI is InChI=1S/C20H18N4O2/c1-12-11-13(2)22-20(21-12)24-23-19(25)18-14-7-3-5-9-16(14)26-17-10-6-4-8-15(17)18/h3-11,18H,1-2H3,(H,23,25)(H,21,22,24). The van der Waals surface area contributed by atoms with E-state index in [2.05, 4.69) is 20.8 Å². The van der Waals surface area contributed by atoms with Gasteiger partial charge in [0, 0.05) is 22.5 Å². The Kier molecular flexibility index (Phi) is 4.01. The highest BCUT2D eigenvalue weighted by atomic mass is 16.5. The average Bonchev–Trinajstić information content (AvgIpc) is 2.63. The van der Waals surface area contributed by atoms with E-state index in [4.69, 9.17) is 4.74 Å². The van der Waals surface area contributed by atoms with E-state index in [0.29, 0.717) is 17.4 Å². The molecule has 2 aromatic carbocycles. The van der Waals surface area contributed by atoms with Gasteiger partial charge >= 0.3 is 0 Å². The van der Waals surface area contributed by atoms with Crippen LogP contribution in [0.15, 0.2) is 54.6 Å². The van der Waals surface area contributed by atoms with E-state index in [1.807, 2.05) is 68.4 Å². The lowest BCUT2D eigenvalue weighted by Gasteiger charge is -2.27. The summed E-state index contributed by atoms with van der Waals surface area (Å²) in [6.07, 6.45) is 0. The van der Waals surface area contributed by atoms with Crippen LogP contribution in [0.3, 0.4) is 0 Å². The lowest BCUT2D eigenvalue weighted by molar-refractivity contribution is -0.121. The van der Waals surface area contributed by atoms with Crippen molar-refractivity contribution in [3.63, 3.8) is 0 Å². The van der Waals surface area contributed by atoms with Crippen molar-refractivity contribution in [3.05, 3.63) is 77.1 Å². The topological polar surface area (TPSA) is 76.1 Å². The number of nitrogens with zero attached hydrogens (tertiary/aromatic N) is 2. The van der Waals surface area contributed by atoms with Crippen LogP contribution >= 0.6 is 0 Å². The predicted octanol–water partition coefficient (Wildman–Crippen LogP) is 3.47. The summed E-state index contributed by atoms with van der Waals surface area (Å²) < 4.78 is 5.93. The highest BCUT2D eigenvalue weighted by Crippen LogP contribution is 2.43. The molecule has 1 amide bonds. The highest BCUT2D eigenvalue weighted by molar-refractivity contribution is 5.90. The van der Waals surface area contributed by atoms with Crippen LogP contribution in [-0.4, -0.2) is 15.9 Å². The molecule has 2 N–H and O–H groups in total. The quantitative estimate of drug-likeness (QED) is 0.710. The van der Waals surface area contributed by atoms with Crippen molar-refractivity contribution >= 4 is 11.9 Å². The number of carbonyl (C=O) groups is 1. The van der Waals surface area contributed by atoms with Gasteiger partial charge in [-0.1, -0.05) is 36.4 Å². The third-order valence-corrected chi connectivity index (χ3v) is 4.22. The molecule has 0 aliphatic carbocycles. The van der Waals surface area contributed by atoms with Gasteiger partial charge in [0.25, 0.3) is 5.91 Å². The zero-order valence-corrected chi connectivity index (χ0v) is 14.5. The first-order valence-electron chi connectivity index (χ1n) is 8.35. The molecule has 1 aromatic heterocycles. The number of benzene rings is 2. The first kappa shape index (κ1) is 16.1. The third-order valence-electron chi connectivity index (χ3n) is 4.22. The van der Waals surface area contributed by atoms with Gasteiger partial charge in [0.15, 0.2) is 0 Å². The molecular weight excluding hydrogens is 328 g/mol. The van der Waals surface area contributed by atoms with E-state index in [0.717, 1.165) is 22.5 Å². The number of fused-ring (bicyclic) bond motifs is 2. The number of hydrogen-bond acceptors (Lipinski definition) is 5. The van der Waals surface area contributed by atoms with Crippen LogP contribution in [-0.2, 0) is 4.79 Å². The Hall–Kier alpha value is -3.41. The van der Waals surface area contributed by atoms with E-state index in [1.54, 1.807) is 0 Å². The number of hydrazine groups is 1. The average molecular weight is 346 g/mol. The number of ether oxygens (including phenoxy) is 1. The molecule has 0 radical (unpaired) electrons. The molecule has 1 aliphatic heterocycles. The highest BCUT2D eigenvalue weighted by Gasteiger charge is 2.32. The van der Waals surface area contributed by atoms with Crippen LogP contribution in [0.4, 0.5) is 5.95 Å². The number of aromatic nitrogens is 2. The summed E-state index contributed by atoms with van der Waals surface area (Å²) >= 11 is 0. The molecule has 26 heavy (non-hydrogen) atoms. The molecule has 0 atom stereocenters. The van der Waals surface area contributed by atoms with Crippen LogP contribution in [0.2, 0.25) is 0 Å². The fourth-order valence-electron chi connectivity index (χ4n) is 3.16. The molecular formula is C20H18N4O2. The molecule has 0 unspecified atom stereocenters. The minimum Gasteiger partial charge on any atom is -0.457 e. The maximum absolute atomic E-state index is 13.0. The number of amides is 1. The van der Waals surface area contributed by atoms with Crippen molar-refractivity contribution in [2.75, 3.05) is 5.43 Å². The Labute approximate surface area is 151 Å². The summed E-state index contributed by atoms with van der Waals surface area (Å²) in [6.45, 7) is 3.76. The molecule has 0 saturated carbocycles. The minimum absolute atomic E-state index is 0.198. The molecule has 2 heterocycles. The van der Waals surface area contributed by atoms with Crippen molar-refractivity contribution in [2.45, 2.75) is 19.8 Å². The zero-order valence-electron chi connectivity index (χ0n) is 14.5. The minimum atomic E-state index is -0.477. The first-order chi connectivity index (χ1) is 12.6. The first-order valence-corrected chi connectivity index (χ1v) is 8.35. The normalized spacial score (nSPS) is 12.5. The van der Waals surface area contributed by atoms with Gasteiger partial charge < -0.3 is 4.74 Å². The Morgan fingerprint density at radius 2 is 1.46 bits per heavy atom. The number of hydrogen-bond donors (Lipinski definition) is 2. The molecule has 0 fully saturated rings. The van der Waals surface area contributed by atoms with Crippen molar-refractivity contribution in [3.8, 4) is 11.5 Å². The van der Waals surface area contributed by atoms with Gasteiger partial charge in [-0.3, -0.25) is 15.6 Å². The van der Waals surface area contributed by atoms with Gasteiger partial charge in [0.05, 0.1) is 5.92 Å². The maximum Gasteiger partial charge on any atom is 0.250 e. The number of para-hydroxylation sites is 2. The molecule has 6 nitrogen and oxygen atoms in total. The second kappa shape index (κ2) is 6.48. The predicted molar refractivity (Wildman–Crippen MR) is 98.1 cm³/mol. The Morgan fingerprint density at radius 1 is 0.923 bits per heavy atom. The van der Waals surface area contributed by atoms with Crippen molar-refractivity contribution in [1.82, 2.24) is 15.4 Å². The van der Waals surface area contributed by atoms with Gasteiger partial charge in [-0.05, 0) is 32.0 Å². The van der Waals surface area contributed by atoms with Gasteiger partial charge in [0.2, 0.25) is 5.95 Å². The van der Waals surface area contributed by atoms with Crippen LogP contribution in [0, 0.1) is 13.8 Å². The summed E-state index contributed by atoms with van der Waals surface area (Å²) in [5.41, 5.74) is 8.87. The summed E-state index contributed by atoms with van der Waals surface area (Å²) in [5, 5.41) is 0. The van der Waals surface area contributed by atoms with Crippen LogP contribution < -0.4 is 15.6 Å². The van der Waals surface area contributed by atoms with E-state index >= 15 is 0 Å². The van der Waals surface area contributed by atoms with Gasteiger partial charge in [-0.2, -0.15) is 0 Å². The van der Waals surface area contributed by atoms with Crippen LogP contribution in [0.25, 0.3) is 0 Å². The summed E-state index contributed by atoms with van der Waals surface area (Å²) in [6, 6.07) is 17.0. The number of nitrogens with one attached hydrogen (secondary N) is 2. The molecule has 6 heteroatoms. The maximum atomic E-state index is 13.0. The van der Waals surface area contributed by atoms with Crippen molar-refractivity contribution in [1.29, 1.82) is 0 Å². The summed E-state index contributed by atoms with van der Waals surface area (Å²) in [4.78, 5) is 21.5. The lowest BCUT2D eigenvalue weighted by Crippen LogP contribution is -2.36. The van der Waals surface area contributed by atoms with E-state index in [9.17, 15) is 4.79 Å². The summed E-state index contributed by atoms with van der Waals surface area (Å²) in [7, 11) is 0. The van der Waals surface area contributed by atoms with Crippen LogP contribution in [0.5, 0.6) is 11.5 Å². The molecule has 4 rings (SSSR count). The van der Waals surface area contributed by atoms with Gasteiger partial charge in [-0.25, -0.2) is 9.97 Å². The molecule has 0 saturated heterocycles.